The molecule has 1 aliphatic heterocycles. The van der Waals surface area contributed by atoms with E-state index in [1.54, 1.807) is 12.1 Å². The van der Waals surface area contributed by atoms with Crippen molar-refractivity contribution in [1.29, 1.82) is 0 Å². The Balaban J connectivity index is 1.65. The van der Waals surface area contributed by atoms with Crippen LogP contribution in [0.15, 0.2) is 24.3 Å². The van der Waals surface area contributed by atoms with Crippen LogP contribution in [0.4, 0.5) is 0 Å². The molecule has 1 heterocycles. The molecule has 4 N–H and O–H groups in total. The molecule has 0 radical (unpaired) electrons. The monoisotopic (exact) mass is 262 g/mol. The number of aromatic hydroxyl groups is 1. The Hall–Kier alpha value is -1.59. The summed E-state index contributed by atoms with van der Waals surface area (Å²) in [4.78, 5) is 12.1. The number of fused-ring (bicyclic) bond motifs is 1. The molecule has 1 amide bonds. The molecule has 1 saturated heterocycles. The van der Waals surface area contributed by atoms with E-state index in [0.29, 0.717) is 11.5 Å². The fourth-order valence-electron chi connectivity index (χ4n) is 2.97. The first-order chi connectivity index (χ1) is 9.16. The maximum absolute atomic E-state index is 12.1. The van der Waals surface area contributed by atoms with Gasteiger partial charge in [0.25, 0.3) is 5.91 Å². The van der Waals surface area contributed by atoms with E-state index in [9.17, 15) is 9.90 Å². The number of ether oxygens (including phenoxy) is 1. The average Bonchev–Trinajstić information content (AvgIpc) is 2.45. The van der Waals surface area contributed by atoms with Crippen LogP contribution in [0.2, 0.25) is 0 Å². The predicted molar refractivity (Wildman–Crippen MR) is 69.8 cm³/mol. The van der Waals surface area contributed by atoms with Crippen LogP contribution in [0.25, 0.3) is 0 Å². The minimum absolute atomic E-state index is 0.0219. The van der Waals surface area contributed by atoms with Crippen LogP contribution in [0.5, 0.6) is 5.75 Å². The van der Waals surface area contributed by atoms with Crippen LogP contribution in [0.3, 0.4) is 0 Å². The van der Waals surface area contributed by atoms with Crippen LogP contribution >= 0.6 is 0 Å². The second-order valence-electron chi connectivity index (χ2n) is 5.26. The number of rotatable bonds is 2. The molecule has 1 saturated carbocycles. The van der Waals surface area contributed by atoms with E-state index in [0.717, 1.165) is 19.4 Å². The van der Waals surface area contributed by atoms with Crippen LogP contribution in [-0.4, -0.2) is 35.8 Å². The summed E-state index contributed by atoms with van der Waals surface area (Å²) < 4.78 is 5.68. The minimum Gasteiger partial charge on any atom is -0.508 e. The van der Waals surface area contributed by atoms with E-state index in [4.69, 9.17) is 10.5 Å². The maximum Gasteiger partial charge on any atom is 0.251 e. The molecule has 1 aromatic carbocycles. The lowest BCUT2D eigenvalue weighted by atomic mass is 9.68. The third-order valence-corrected chi connectivity index (χ3v) is 4.10. The van der Waals surface area contributed by atoms with Crippen molar-refractivity contribution in [2.45, 2.75) is 31.0 Å². The quantitative estimate of drug-likeness (QED) is 0.729. The van der Waals surface area contributed by atoms with E-state index < -0.39 is 0 Å². The summed E-state index contributed by atoms with van der Waals surface area (Å²) in [6.45, 7) is 0.749. The highest BCUT2D eigenvalue weighted by molar-refractivity contribution is 5.94. The Kier molecular flexibility index (Phi) is 3.16. The van der Waals surface area contributed by atoms with E-state index >= 15 is 0 Å². The molecule has 5 nitrogen and oxygen atoms in total. The molecule has 2 fully saturated rings. The zero-order valence-electron chi connectivity index (χ0n) is 10.6. The summed E-state index contributed by atoms with van der Waals surface area (Å²) >= 11 is 0. The van der Waals surface area contributed by atoms with Crippen LogP contribution in [0, 0.1) is 5.92 Å². The van der Waals surface area contributed by atoms with Crippen molar-refractivity contribution in [2.75, 3.05) is 6.61 Å². The maximum atomic E-state index is 12.1. The number of phenols is 1. The van der Waals surface area contributed by atoms with Gasteiger partial charge in [-0.2, -0.15) is 0 Å². The van der Waals surface area contributed by atoms with E-state index in [2.05, 4.69) is 5.32 Å². The van der Waals surface area contributed by atoms with Gasteiger partial charge < -0.3 is 20.9 Å². The molecular formula is C14H18N2O3. The molecule has 5 heteroatoms. The second kappa shape index (κ2) is 4.83. The molecular weight excluding hydrogens is 244 g/mol. The van der Waals surface area contributed by atoms with Gasteiger partial charge in [0.15, 0.2) is 0 Å². The smallest absolute Gasteiger partial charge is 0.251 e. The number of hydrogen-bond acceptors (Lipinski definition) is 4. The van der Waals surface area contributed by atoms with Gasteiger partial charge in [0.05, 0.1) is 12.1 Å². The summed E-state index contributed by atoms with van der Waals surface area (Å²) in [6, 6.07) is 6.05. The van der Waals surface area contributed by atoms with Crippen molar-refractivity contribution in [3.8, 4) is 5.75 Å². The summed E-state index contributed by atoms with van der Waals surface area (Å²) in [7, 11) is 0. The van der Waals surface area contributed by atoms with Crippen molar-refractivity contribution in [1.82, 2.24) is 5.32 Å². The fraction of sp³-hybridized carbons (Fsp3) is 0.500. The Morgan fingerprint density at radius 1 is 1.37 bits per heavy atom. The Morgan fingerprint density at radius 2 is 2.11 bits per heavy atom. The molecule has 102 valence electrons. The number of nitrogens with one attached hydrogen (secondary N) is 1. The summed E-state index contributed by atoms with van der Waals surface area (Å²) in [6.07, 6.45) is 2.19. The molecule has 1 aromatic rings. The number of phenolic OH excluding ortho intramolecular Hbond substituents is 1. The Morgan fingerprint density at radius 3 is 2.84 bits per heavy atom. The Bertz CT molecular complexity index is 474. The zero-order valence-corrected chi connectivity index (χ0v) is 10.6. The van der Waals surface area contributed by atoms with Crippen LogP contribution < -0.4 is 11.1 Å². The first-order valence-electron chi connectivity index (χ1n) is 6.64. The van der Waals surface area contributed by atoms with Gasteiger partial charge in [0.1, 0.15) is 5.75 Å². The third kappa shape index (κ3) is 2.19. The molecule has 4 atom stereocenters. The van der Waals surface area contributed by atoms with Gasteiger partial charge in [-0.25, -0.2) is 0 Å². The van der Waals surface area contributed by atoms with Crippen LogP contribution in [0.1, 0.15) is 23.2 Å². The molecule has 0 spiro atoms. The molecule has 0 aromatic heterocycles. The summed E-state index contributed by atoms with van der Waals surface area (Å²) in [5.74, 6) is 0.347. The summed E-state index contributed by atoms with van der Waals surface area (Å²) in [5.41, 5.74) is 6.61. The first kappa shape index (κ1) is 12.4. The lowest BCUT2D eigenvalue weighted by Crippen LogP contribution is -2.72. The third-order valence-electron chi connectivity index (χ3n) is 4.10. The predicted octanol–water partition coefficient (Wildman–Crippen LogP) is 0.627. The van der Waals surface area contributed by atoms with Crippen LogP contribution in [-0.2, 0) is 4.74 Å². The number of hydrogen-bond donors (Lipinski definition) is 3. The van der Waals surface area contributed by atoms with Gasteiger partial charge in [0, 0.05) is 24.1 Å². The lowest BCUT2D eigenvalue weighted by Gasteiger charge is -2.52. The number of carbonyl (C=O) groups excluding carboxylic acids is 1. The summed E-state index contributed by atoms with van der Waals surface area (Å²) in [5, 5.41) is 12.1. The van der Waals surface area contributed by atoms with E-state index in [-0.39, 0.29) is 29.8 Å². The highest BCUT2D eigenvalue weighted by Gasteiger charge is 2.51. The standard InChI is InChI=1S/C14H18N2O3/c15-11-10-2-1-7-19-13(10)12(11)16-14(18)8-3-5-9(17)6-4-8/h3-6,10-13,17H,1-2,7,15H2,(H,16,18). The highest BCUT2D eigenvalue weighted by Crippen LogP contribution is 2.37. The van der Waals surface area contributed by atoms with E-state index in [1.165, 1.54) is 12.1 Å². The van der Waals surface area contributed by atoms with Gasteiger partial charge in [-0.05, 0) is 37.1 Å². The number of amides is 1. The van der Waals surface area contributed by atoms with Crippen molar-refractivity contribution in [2.24, 2.45) is 11.7 Å². The topological polar surface area (TPSA) is 84.6 Å². The largest absolute Gasteiger partial charge is 0.508 e. The van der Waals surface area contributed by atoms with E-state index in [1.807, 2.05) is 0 Å². The minimum atomic E-state index is -0.173. The Labute approximate surface area is 111 Å². The highest BCUT2D eigenvalue weighted by atomic mass is 16.5. The second-order valence-corrected chi connectivity index (χ2v) is 5.26. The average molecular weight is 262 g/mol. The van der Waals surface area contributed by atoms with Gasteiger partial charge in [-0.15, -0.1) is 0 Å². The fourth-order valence-corrected chi connectivity index (χ4v) is 2.97. The number of nitrogens with two attached hydrogens (primary N) is 1. The number of carbonyl (C=O) groups is 1. The molecule has 4 unspecified atom stereocenters. The number of benzene rings is 1. The van der Waals surface area contributed by atoms with Crippen molar-refractivity contribution in [3.63, 3.8) is 0 Å². The van der Waals surface area contributed by atoms with Gasteiger partial charge in [0.2, 0.25) is 0 Å². The molecule has 1 aliphatic carbocycles. The molecule has 2 aliphatic rings. The van der Waals surface area contributed by atoms with Crippen molar-refractivity contribution < 1.29 is 14.6 Å². The van der Waals surface area contributed by atoms with Gasteiger partial charge in [-0.1, -0.05) is 0 Å². The lowest BCUT2D eigenvalue weighted by molar-refractivity contribution is -0.117. The van der Waals surface area contributed by atoms with Gasteiger partial charge >= 0.3 is 0 Å². The van der Waals surface area contributed by atoms with Gasteiger partial charge in [-0.3, -0.25) is 4.79 Å². The first-order valence-corrected chi connectivity index (χ1v) is 6.64. The SMILES string of the molecule is NC1C2CCCOC2C1NC(=O)c1ccc(O)cc1. The molecule has 19 heavy (non-hydrogen) atoms. The van der Waals surface area contributed by atoms with Crippen molar-refractivity contribution in [3.05, 3.63) is 29.8 Å². The zero-order chi connectivity index (χ0) is 13.4. The van der Waals surface area contributed by atoms with Crippen molar-refractivity contribution >= 4 is 5.91 Å². The normalized spacial score (nSPS) is 33.1. The molecule has 3 rings (SSSR count). The molecule has 0 bridgehead atoms.